The fourth-order valence-electron chi connectivity index (χ4n) is 2.71. The van der Waals surface area contributed by atoms with Crippen LogP contribution in [0.1, 0.15) is 38.3 Å². The monoisotopic (exact) mass is 251 g/mol. The van der Waals surface area contributed by atoms with Gasteiger partial charge in [-0.15, -0.1) is 11.6 Å². The van der Waals surface area contributed by atoms with Crippen LogP contribution in [0.3, 0.4) is 0 Å². The Morgan fingerprint density at radius 1 is 1.35 bits per heavy atom. The van der Waals surface area contributed by atoms with E-state index in [-0.39, 0.29) is 0 Å². The van der Waals surface area contributed by atoms with Crippen LogP contribution in [0, 0.1) is 5.92 Å². The van der Waals surface area contributed by atoms with Crippen LogP contribution in [0.2, 0.25) is 0 Å². The predicted octanol–water partition coefficient (Wildman–Crippen LogP) is 4.09. The Morgan fingerprint density at radius 3 is 2.71 bits per heavy atom. The summed E-state index contributed by atoms with van der Waals surface area (Å²) >= 11 is 6.37. The summed E-state index contributed by atoms with van der Waals surface area (Å²) in [5, 5.41) is 0.374. The van der Waals surface area contributed by atoms with Gasteiger partial charge in [0, 0.05) is 24.5 Å². The molecule has 0 bridgehead atoms. The quantitative estimate of drug-likeness (QED) is 0.732. The number of nitrogens with zero attached hydrogens (tertiary/aromatic N) is 1. The Morgan fingerprint density at radius 2 is 2.06 bits per heavy atom. The molecule has 0 radical (unpaired) electrons. The van der Waals surface area contributed by atoms with Crippen molar-refractivity contribution in [2.24, 2.45) is 5.92 Å². The van der Waals surface area contributed by atoms with Crippen molar-refractivity contribution in [3.8, 4) is 0 Å². The van der Waals surface area contributed by atoms with Crippen molar-refractivity contribution in [2.45, 2.75) is 38.1 Å². The number of hydrogen-bond donors (Lipinski definition) is 0. The third kappa shape index (κ3) is 3.02. The van der Waals surface area contributed by atoms with E-state index in [0.717, 1.165) is 19.5 Å². The molecule has 1 heterocycles. The normalized spacial score (nSPS) is 27.9. The number of alkyl halides is 1. The van der Waals surface area contributed by atoms with E-state index in [2.05, 4.69) is 49.1 Å². The molecule has 3 atom stereocenters. The maximum atomic E-state index is 6.37. The SMILES string of the molecule is CC[C@@H]1CN([C@@H](C)c2ccccc2)CC[C@@H]1Cl. The Bertz CT molecular complexity index is 338. The Labute approximate surface area is 110 Å². The largest absolute Gasteiger partial charge is 0.296 e. The van der Waals surface area contributed by atoms with Gasteiger partial charge in [0.15, 0.2) is 0 Å². The minimum Gasteiger partial charge on any atom is -0.296 e. The lowest BCUT2D eigenvalue weighted by molar-refractivity contribution is 0.132. The summed E-state index contributed by atoms with van der Waals surface area (Å²) < 4.78 is 0. The Hall–Kier alpha value is -0.530. The van der Waals surface area contributed by atoms with Crippen molar-refractivity contribution in [1.29, 1.82) is 0 Å². The number of benzene rings is 1. The molecule has 17 heavy (non-hydrogen) atoms. The lowest BCUT2D eigenvalue weighted by atomic mass is 9.93. The predicted molar refractivity (Wildman–Crippen MR) is 74.5 cm³/mol. The highest BCUT2D eigenvalue weighted by Crippen LogP contribution is 2.30. The molecule has 1 nitrogen and oxygen atoms in total. The first-order valence-electron chi connectivity index (χ1n) is 6.65. The highest BCUT2D eigenvalue weighted by Gasteiger charge is 2.29. The lowest BCUT2D eigenvalue weighted by Gasteiger charge is -2.39. The van der Waals surface area contributed by atoms with Crippen LogP contribution in [-0.4, -0.2) is 23.4 Å². The van der Waals surface area contributed by atoms with Gasteiger partial charge in [0.1, 0.15) is 0 Å². The molecule has 1 saturated heterocycles. The van der Waals surface area contributed by atoms with E-state index in [1.807, 2.05) is 0 Å². The molecule has 0 amide bonds. The van der Waals surface area contributed by atoms with Crippen LogP contribution in [0.25, 0.3) is 0 Å². The average Bonchev–Trinajstić information content (AvgIpc) is 2.39. The van der Waals surface area contributed by atoms with E-state index in [1.54, 1.807) is 0 Å². The van der Waals surface area contributed by atoms with Crippen molar-refractivity contribution < 1.29 is 0 Å². The summed E-state index contributed by atoms with van der Waals surface area (Å²) in [4.78, 5) is 2.57. The first-order valence-corrected chi connectivity index (χ1v) is 7.09. The molecule has 1 aromatic carbocycles. The first kappa shape index (κ1) is 12.9. The van der Waals surface area contributed by atoms with Crippen LogP contribution in [0.15, 0.2) is 30.3 Å². The highest BCUT2D eigenvalue weighted by atomic mass is 35.5. The molecule has 1 aliphatic rings. The maximum Gasteiger partial charge on any atom is 0.0388 e. The molecule has 0 spiro atoms. The summed E-state index contributed by atoms with van der Waals surface area (Å²) in [5.74, 6) is 0.650. The van der Waals surface area contributed by atoms with Gasteiger partial charge < -0.3 is 0 Å². The summed E-state index contributed by atoms with van der Waals surface area (Å²) in [7, 11) is 0. The minimum absolute atomic E-state index is 0.374. The second-order valence-corrected chi connectivity index (χ2v) is 5.62. The van der Waals surface area contributed by atoms with E-state index in [9.17, 15) is 0 Å². The molecular formula is C15H22ClN. The van der Waals surface area contributed by atoms with Gasteiger partial charge in [0.05, 0.1) is 0 Å². The summed E-state index contributed by atoms with van der Waals surface area (Å²) in [6, 6.07) is 11.3. The highest BCUT2D eigenvalue weighted by molar-refractivity contribution is 6.20. The number of likely N-dealkylation sites (tertiary alicyclic amines) is 1. The van der Waals surface area contributed by atoms with Gasteiger partial charge in [-0.25, -0.2) is 0 Å². The summed E-state index contributed by atoms with van der Waals surface area (Å²) in [6.45, 7) is 6.81. The molecular weight excluding hydrogens is 230 g/mol. The summed E-state index contributed by atoms with van der Waals surface area (Å²) in [5.41, 5.74) is 1.41. The van der Waals surface area contributed by atoms with Gasteiger partial charge in [-0.3, -0.25) is 4.90 Å². The Kier molecular flexibility index (Phi) is 4.47. The Balaban J connectivity index is 2.03. The van der Waals surface area contributed by atoms with Crippen molar-refractivity contribution in [2.75, 3.05) is 13.1 Å². The van der Waals surface area contributed by atoms with Gasteiger partial charge in [-0.1, -0.05) is 43.7 Å². The van der Waals surface area contributed by atoms with E-state index in [0.29, 0.717) is 17.3 Å². The van der Waals surface area contributed by atoms with Crippen LogP contribution in [0.5, 0.6) is 0 Å². The van der Waals surface area contributed by atoms with E-state index in [4.69, 9.17) is 11.6 Å². The van der Waals surface area contributed by atoms with Crippen molar-refractivity contribution in [3.63, 3.8) is 0 Å². The maximum absolute atomic E-state index is 6.37. The van der Waals surface area contributed by atoms with Gasteiger partial charge in [-0.2, -0.15) is 0 Å². The zero-order chi connectivity index (χ0) is 12.3. The average molecular weight is 252 g/mol. The number of rotatable bonds is 3. The van der Waals surface area contributed by atoms with Crippen molar-refractivity contribution in [3.05, 3.63) is 35.9 Å². The second-order valence-electron chi connectivity index (χ2n) is 5.05. The molecule has 1 aliphatic heterocycles. The fourth-order valence-corrected chi connectivity index (χ4v) is 3.07. The first-order chi connectivity index (χ1) is 8.22. The molecule has 1 fully saturated rings. The van der Waals surface area contributed by atoms with Crippen molar-refractivity contribution in [1.82, 2.24) is 4.90 Å². The minimum atomic E-state index is 0.374. The lowest BCUT2D eigenvalue weighted by Crippen LogP contribution is -2.42. The molecule has 1 aromatic rings. The van der Waals surface area contributed by atoms with Crippen molar-refractivity contribution >= 4 is 11.6 Å². The number of piperidine rings is 1. The standard InChI is InChI=1S/C15H22ClN/c1-3-13-11-17(10-9-15(13)16)12(2)14-7-5-4-6-8-14/h4-8,12-13,15H,3,9-11H2,1-2H3/t12-,13+,15-/m0/s1. The number of halogens is 1. The molecule has 0 N–H and O–H groups in total. The fraction of sp³-hybridized carbons (Fsp3) is 0.600. The molecule has 0 saturated carbocycles. The zero-order valence-corrected chi connectivity index (χ0v) is 11.5. The topological polar surface area (TPSA) is 3.24 Å². The molecule has 0 unspecified atom stereocenters. The second kappa shape index (κ2) is 5.88. The molecule has 0 aromatic heterocycles. The van der Waals surface area contributed by atoms with E-state index >= 15 is 0 Å². The van der Waals surface area contributed by atoms with E-state index in [1.165, 1.54) is 12.0 Å². The summed E-state index contributed by atoms with van der Waals surface area (Å²) in [6.07, 6.45) is 2.31. The molecule has 2 rings (SSSR count). The third-order valence-electron chi connectivity index (χ3n) is 4.03. The van der Waals surface area contributed by atoms with Gasteiger partial charge in [-0.05, 0) is 24.8 Å². The number of hydrogen-bond acceptors (Lipinski definition) is 1. The van der Waals surface area contributed by atoms with Crippen LogP contribution in [-0.2, 0) is 0 Å². The smallest absolute Gasteiger partial charge is 0.0388 e. The third-order valence-corrected chi connectivity index (χ3v) is 4.60. The van der Waals surface area contributed by atoms with Gasteiger partial charge in [0.25, 0.3) is 0 Å². The zero-order valence-electron chi connectivity index (χ0n) is 10.8. The van der Waals surface area contributed by atoms with Gasteiger partial charge in [0.2, 0.25) is 0 Å². The van der Waals surface area contributed by atoms with Gasteiger partial charge >= 0.3 is 0 Å². The molecule has 94 valence electrons. The molecule has 2 heteroatoms. The van der Waals surface area contributed by atoms with E-state index < -0.39 is 0 Å². The van der Waals surface area contributed by atoms with Crippen LogP contribution < -0.4 is 0 Å². The van der Waals surface area contributed by atoms with Crippen LogP contribution >= 0.6 is 11.6 Å². The molecule has 0 aliphatic carbocycles. The van der Waals surface area contributed by atoms with Crippen LogP contribution in [0.4, 0.5) is 0 Å².